The summed E-state index contributed by atoms with van der Waals surface area (Å²) in [5.74, 6) is 0. The van der Waals surface area contributed by atoms with Gasteiger partial charge in [-0.25, -0.2) is 0 Å². The molecule has 0 heterocycles. The largest absolute Gasteiger partial charge is 0.329 e. The molecule has 0 rings (SSSR count). The molecule has 0 aromatic rings. The summed E-state index contributed by atoms with van der Waals surface area (Å²) in [6.07, 6.45) is 0. The van der Waals surface area contributed by atoms with E-state index in [4.69, 9.17) is 11.5 Å². The first-order chi connectivity index (χ1) is 2.91. The van der Waals surface area contributed by atoms with Crippen LogP contribution in [0.2, 0.25) is 0 Å². The van der Waals surface area contributed by atoms with Crippen LogP contribution in [-0.2, 0) is 0 Å². The van der Waals surface area contributed by atoms with Crippen molar-refractivity contribution in [3.63, 3.8) is 0 Å². The lowest BCUT2D eigenvalue weighted by molar-refractivity contribution is 0.782. The van der Waals surface area contributed by atoms with Crippen molar-refractivity contribution in [2.24, 2.45) is 11.5 Å². The second-order valence-electron chi connectivity index (χ2n) is 0.909. The number of hydrogen-bond donors (Lipinski definition) is 3. The lowest BCUT2D eigenvalue weighted by Crippen LogP contribution is -2.23. The zero-order chi connectivity index (χ0) is 4.83. The fourth-order valence-corrected chi connectivity index (χ4v) is 0.167. The van der Waals surface area contributed by atoms with Crippen LogP contribution in [0.15, 0.2) is 0 Å². The smallest absolute Gasteiger partial charge is 0.0839 e. The van der Waals surface area contributed by atoms with E-state index < -0.39 is 0 Å². The van der Waals surface area contributed by atoms with Gasteiger partial charge in [0.05, 0.1) is 6.67 Å². The van der Waals surface area contributed by atoms with Gasteiger partial charge in [-0.05, 0) is 0 Å². The maximum atomic E-state index is 5.08. The number of hydrogen-bond acceptors (Lipinski definition) is 3. The van der Waals surface area contributed by atoms with E-state index in [0.717, 1.165) is 6.54 Å². The highest BCUT2D eigenvalue weighted by molar-refractivity contribution is 4.49. The van der Waals surface area contributed by atoms with Crippen LogP contribution in [-0.4, -0.2) is 13.1 Å². The fourth-order valence-electron chi connectivity index (χ4n) is 0.167. The molecule has 0 aromatic carbocycles. The minimum Gasteiger partial charge on any atom is -0.329 e. The molecular formula is C3H10N3. The molecule has 3 heteroatoms. The molecule has 0 saturated heterocycles. The molecular weight excluding hydrogens is 78.1 g/mol. The van der Waals surface area contributed by atoms with Crippen molar-refractivity contribution in [2.75, 3.05) is 13.1 Å². The van der Waals surface area contributed by atoms with Gasteiger partial charge < -0.3 is 11.5 Å². The summed E-state index contributed by atoms with van der Waals surface area (Å²) in [7, 11) is 0. The maximum Gasteiger partial charge on any atom is 0.0839 e. The van der Waals surface area contributed by atoms with E-state index >= 15 is 0 Å². The molecule has 0 aliphatic heterocycles. The van der Waals surface area contributed by atoms with Gasteiger partial charge >= 0.3 is 0 Å². The zero-order valence-electron chi connectivity index (χ0n) is 3.65. The van der Waals surface area contributed by atoms with Crippen LogP contribution in [0.5, 0.6) is 0 Å². The van der Waals surface area contributed by atoms with E-state index in [1.54, 1.807) is 0 Å². The normalized spacial score (nSPS) is 9.00. The highest BCUT2D eigenvalue weighted by Crippen LogP contribution is 1.46. The van der Waals surface area contributed by atoms with Gasteiger partial charge in [0.1, 0.15) is 0 Å². The average Bonchev–Trinajstić information content (AvgIpc) is 1.61. The molecule has 0 bridgehead atoms. The molecule has 5 N–H and O–H groups in total. The second-order valence-corrected chi connectivity index (χ2v) is 0.909. The Morgan fingerprint density at radius 2 is 2.33 bits per heavy atom. The Balaban J connectivity index is 2.34. The van der Waals surface area contributed by atoms with E-state index in [9.17, 15) is 0 Å². The molecule has 0 aliphatic carbocycles. The Morgan fingerprint density at radius 1 is 1.67 bits per heavy atom. The Bertz CT molecular complexity index is 18.0. The van der Waals surface area contributed by atoms with Crippen molar-refractivity contribution in [2.45, 2.75) is 0 Å². The van der Waals surface area contributed by atoms with Crippen molar-refractivity contribution in [1.29, 1.82) is 0 Å². The molecule has 0 aliphatic rings. The Morgan fingerprint density at radius 3 is 2.50 bits per heavy atom. The molecule has 0 atom stereocenters. The summed E-state index contributed by atoms with van der Waals surface area (Å²) in [6.45, 7) is 2.77. The van der Waals surface area contributed by atoms with Gasteiger partial charge in [0.25, 0.3) is 0 Å². The topological polar surface area (TPSA) is 64.1 Å². The quantitative estimate of drug-likeness (QED) is 0.372. The minimum absolute atomic E-state index is 0.633. The van der Waals surface area contributed by atoms with E-state index in [-0.39, 0.29) is 0 Å². The van der Waals surface area contributed by atoms with Crippen LogP contribution in [0.25, 0.3) is 0 Å². The summed E-state index contributed by atoms with van der Waals surface area (Å²) < 4.78 is 0. The molecule has 1 radical (unpaired) electrons. The summed E-state index contributed by atoms with van der Waals surface area (Å²) in [5.41, 5.74) is 10.00. The highest BCUT2D eigenvalue weighted by atomic mass is 15.0. The highest BCUT2D eigenvalue weighted by Gasteiger charge is 1.72. The van der Waals surface area contributed by atoms with Crippen molar-refractivity contribution in [3.8, 4) is 0 Å². The van der Waals surface area contributed by atoms with Crippen LogP contribution in [0.4, 0.5) is 0 Å². The van der Waals surface area contributed by atoms with Gasteiger partial charge in [0.2, 0.25) is 0 Å². The minimum atomic E-state index is 0.633. The van der Waals surface area contributed by atoms with E-state index in [1.165, 1.54) is 6.67 Å². The molecule has 37 valence electrons. The number of nitrogens with one attached hydrogen (secondary N) is 1. The van der Waals surface area contributed by atoms with Crippen LogP contribution < -0.4 is 16.8 Å². The molecule has 3 nitrogen and oxygen atoms in total. The van der Waals surface area contributed by atoms with Crippen molar-refractivity contribution >= 4 is 0 Å². The summed E-state index contributed by atoms with van der Waals surface area (Å²) in [5, 5.41) is 2.73. The Labute approximate surface area is 37.7 Å². The molecule has 0 spiro atoms. The lowest BCUT2D eigenvalue weighted by atomic mass is 10.7. The van der Waals surface area contributed by atoms with Crippen LogP contribution in [0.1, 0.15) is 0 Å². The van der Waals surface area contributed by atoms with Crippen LogP contribution in [0.3, 0.4) is 0 Å². The average molecular weight is 88.1 g/mol. The number of rotatable bonds is 3. The SMILES string of the molecule is N[CH]NCCN. The third-order valence-electron chi connectivity index (χ3n) is 0.407. The summed E-state index contributed by atoms with van der Waals surface area (Å²) in [6, 6.07) is 0. The number of nitrogens with two attached hydrogens (primary N) is 2. The van der Waals surface area contributed by atoms with Gasteiger partial charge in [-0.1, -0.05) is 0 Å². The predicted octanol–water partition coefficient (Wildman–Crippen LogP) is -1.39. The van der Waals surface area contributed by atoms with Crippen molar-refractivity contribution in [1.82, 2.24) is 5.32 Å². The first kappa shape index (κ1) is 5.88. The van der Waals surface area contributed by atoms with E-state index in [1.807, 2.05) is 0 Å². The van der Waals surface area contributed by atoms with Crippen LogP contribution in [0, 0.1) is 6.67 Å². The van der Waals surface area contributed by atoms with Gasteiger partial charge in [0.15, 0.2) is 0 Å². The van der Waals surface area contributed by atoms with E-state index in [0.29, 0.717) is 6.54 Å². The Kier molecular flexibility index (Phi) is 4.78. The third-order valence-corrected chi connectivity index (χ3v) is 0.407. The molecule has 0 amide bonds. The van der Waals surface area contributed by atoms with Crippen molar-refractivity contribution in [3.05, 3.63) is 6.67 Å². The first-order valence-electron chi connectivity index (χ1n) is 1.88. The zero-order valence-corrected chi connectivity index (χ0v) is 3.65. The van der Waals surface area contributed by atoms with Gasteiger partial charge in [-0.15, -0.1) is 0 Å². The molecule has 0 saturated carbocycles. The summed E-state index contributed by atoms with van der Waals surface area (Å²) >= 11 is 0. The molecule has 6 heavy (non-hydrogen) atoms. The Hall–Kier alpha value is -0.120. The first-order valence-corrected chi connectivity index (χ1v) is 1.88. The van der Waals surface area contributed by atoms with Crippen molar-refractivity contribution < 1.29 is 0 Å². The third kappa shape index (κ3) is 3.88. The van der Waals surface area contributed by atoms with Crippen LogP contribution >= 0.6 is 0 Å². The molecule has 0 fully saturated rings. The second kappa shape index (κ2) is 4.88. The maximum absolute atomic E-state index is 5.08. The van der Waals surface area contributed by atoms with Gasteiger partial charge in [-0.2, -0.15) is 0 Å². The fraction of sp³-hybridized carbons (Fsp3) is 0.667. The lowest BCUT2D eigenvalue weighted by Gasteiger charge is -1.91. The monoisotopic (exact) mass is 88.1 g/mol. The predicted molar refractivity (Wildman–Crippen MR) is 25.5 cm³/mol. The van der Waals surface area contributed by atoms with E-state index in [2.05, 4.69) is 5.32 Å². The summed E-state index contributed by atoms with van der Waals surface area (Å²) in [4.78, 5) is 0. The van der Waals surface area contributed by atoms with Gasteiger partial charge in [0, 0.05) is 13.1 Å². The molecule has 0 unspecified atom stereocenters. The molecule has 0 aromatic heterocycles. The standard InChI is InChI=1S/C3H10N3/c4-1-2-6-3-5/h3,6H,1-2,4-5H2. The van der Waals surface area contributed by atoms with Gasteiger partial charge in [-0.3, -0.25) is 5.32 Å².